The van der Waals surface area contributed by atoms with Crippen molar-refractivity contribution in [3.8, 4) is 0 Å². The number of amides is 2. The lowest BCUT2D eigenvalue weighted by Gasteiger charge is -2.21. The van der Waals surface area contributed by atoms with Gasteiger partial charge in [-0.05, 0) is 42.3 Å². The monoisotopic (exact) mass is 318 g/mol. The molecule has 0 aliphatic rings. The molecule has 0 saturated carbocycles. The van der Waals surface area contributed by atoms with Crippen LogP contribution in [0.4, 0.5) is 4.39 Å². The normalized spacial score (nSPS) is 12.0. The first-order chi connectivity index (χ1) is 11.0. The van der Waals surface area contributed by atoms with Crippen LogP contribution < -0.4 is 10.6 Å². The van der Waals surface area contributed by atoms with Gasteiger partial charge in [0.1, 0.15) is 17.6 Å². The largest absolute Gasteiger partial charge is 0.467 e. The van der Waals surface area contributed by atoms with Crippen LogP contribution in [0.15, 0.2) is 47.1 Å². The van der Waals surface area contributed by atoms with Gasteiger partial charge in [0, 0.05) is 5.56 Å². The number of hydrogen-bond donors (Lipinski definition) is 2. The fraction of sp³-hybridized carbons (Fsp3) is 0.294. The van der Waals surface area contributed by atoms with E-state index in [0.717, 1.165) is 0 Å². The lowest BCUT2D eigenvalue weighted by atomic mass is 10.0. The number of carbonyl (C=O) groups is 2. The van der Waals surface area contributed by atoms with Gasteiger partial charge in [-0.25, -0.2) is 4.39 Å². The van der Waals surface area contributed by atoms with Crippen LogP contribution in [0, 0.1) is 11.7 Å². The molecule has 0 aliphatic heterocycles. The Morgan fingerprint density at radius 2 is 1.87 bits per heavy atom. The minimum atomic E-state index is -0.692. The van der Waals surface area contributed by atoms with Gasteiger partial charge < -0.3 is 15.1 Å². The second-order valence-corrected chi connectivity index (χ2v) is 5.50. The minimum absolute atomic E-state index is 0.101. The van der Waals surface area contributed by atoms with Crippen LogP contribution in [0.1, 0.15) is 30.0 Å². The van der Waals surface area contributed by atoms with Crippen LogP contribution in [-0.4, -0.2) is 17.9 Å². The molecule has 2 rings (SSSR count). The van der Waals surface area contributed by atoms with E-state index in [4.69, 9.17) is 4.42 Å². The number of benzene rings is 1. The number of carbonyl (C=O) groups excluding carboxylic acids is 2. The summed E-state index contributed by atoms with van der Waals surface area (Å²) in [7, 11) is 0. The van der Waals surface area contributed by atoms with Crippen molar-refractivity contribution in [2.45, 2.75) is 26.4 Å². The summed E-state index contributed by atoms with van der Waals surface area (Å²) in [5.41, 5.74) is 0.302. The van der Waals surface area contributed by atoms with Crippen molar-refractivity contribution in [1.29, 1.82) is 0 Å². The highest BCUT2D eigenvalue weighted by Gasteiger charge is 2.24. The van der Waals surface area contributed by atoms with Gasteiger partial charge in [0.2, 0.25) is 5.91 Å². The summed E-state index contributed by atoms with van der Waals surface area (Å²) in [6.07, 6.45) is 1.53. The lowest BCUT2D eigenvalue weighted by molar-refractivity contribution is -0.124. The molecule has 1 atom stereocenters. The van der Waals surface area contributed by atoms with Crippen molar-refractivity contribution in [2.75, 3.05) is 0 Å². The van der Waals surface area contributed by atoms with E-state index in [0.29, 0.717) is 11.3 Å². The molecule has 6 heteroatoms. The van der Waals surface area contributed by atoms with Gasteiger partial charge in [0.15, 0.2) is 0 Å². The fourth-order valence-corrected chi connectivity index (χ4v) is 2.06. The third-order valence-electron chi connectivity index (χ3n) is 3.36. The van der Waals surface area contributed by atoms with Gasteiger partial charge in [-0.2, -0.15) is 0 Å². The standard InChI is InChI=1S/C17H19FN2O3/c1-11(2)15(17(22)19-10-14-4-3-9-23-14)20-16(21)12-5-7-13(18)8-6-12/h3-9,11,15H,10H2,1-2H3,(H,19,22)(H,20,21)/t15-/m0/s1. The molecule has 5 nitrogen and oxygen atoms in total. The Morgan fingerprint density at radius 3 is 2.43 bits per heavy atom. The highest BCUT2D eigenvalue weighted by molar-refractivity contribution is 5.97. The zero-order valence-corrected chi connectivity index (χ0v) is 13.0. The van der Waals surface area contributed by atoms with E-state index in [-0.39, 0.29) is 18.4 Å². The Bertz CT molecular complexity index is 651. The predicted molar refractivity (Wildman–Crippen MR) is 83.0 cm³/mol. The molecular weight excluding hydrogens is 299 g/mol. The average Bonchev–Trinajstić information content (AvgIpc) is 3.03. The molecular formula is C17H19FN2O3. The van der Waals surface area contributed by atoms with Gasteiger partial charge in [-0.3, -0.25) is 9.59 Å². The first-order valence-corrected chi connectivity index (χ1v) is 7.34. The summed E-state index contributed by atoms with van der Waals surface area (Å²) in [6.45, 7) is 3.92. The third-order valence-corrected chi connectivity index (χ3v) is 3.36. The van der Waals surface area contributed by atoms with Crippen LogP contribution in [0.2, 0.25) is 0 Å². The molecule has 0 aliphatic carbocycles. The van der Waals surface area contributed by atoms with E-state index >= 15 is 0 Å². The van der Waals surface area contributed by atoms with Crippen molar-refractivity contribution in [1.82, 2.24) is 10.6 Å². The van der Waals surface area contributed by atoms with E-state index in [2.05, 4.69) is 10.6 Å². The number of nitrogens with one attached hydrogen (secondary N) is 2. The Hall–Kier alpha value is -2.63. The van der Waals surface area contributed by atoms with Crippen molar-refractivity contribution in [3.05, 3.63) is 59.8 Å². The number of hydrogen-bond acceptors (Lipinski definition) is 3. The molecule has 0 bridgehead atoms. The van der Waals surface area contributed by atoms with E-state index in [1.165, 1.54) is 30.5 Å². The quantitative estimate of drug-likeness (QED) is 0.859. The summed E-state index contributed by atoms with van der Waals surface area (Å²) < 4.78 is 18.0. The molecule has 2 amide bonds. The van der Waals surface area contributed by atoms with E-state index in [1.807, 2.05) is 13.8 Å². The molecule has 23 heavy (non-hydrogen) atoms. The van der Waals surface area contributed by atoms with E-state index < -0.39 is 17.8 Å². The van der Waals surface area contributed by atoms with E-state index in [9.17, 15) is 14.0 Å². The van der Waals surface area contributed by atoms with Gasteiger partial charge in [0.05, 0.1) is 12.8 Å². The Kier molecular flexibility index (Phi) is 5.51. The summed E-state index contributed by atoms with van der Waals surface area (Å²) in [6, 6.07) is 7.96. The van der Waals surface area contributed by atoms with Crippen LogP contribution >= 0.6 is 0 Å². The molecule has 2 N–H and O–H groups in total. The maximum absolute atomic E-state index is 12.9. The number of furan rings is 1. The van der Waals surface area contributed by atoms with Crippen LogP contribution in [0.3, 0.4) is 0 Å². The SMILES string of the molecule is CC(C)[C@H](NC(=O)c1ccc(F)cc1)C(=O)NCc1ccco1. The molecule has 0 radical (unpaired) electrons. The molecule has 0 saturated heterocycles. The lowest BCUT2D eigenvalue weighted by Crippen LogP contribution is -2.49. The molecule has 2 aromatic rings. The van der Waals surface area contributed by atoms with Gasteiger partial charge in [0.25, 0.3) is 5.91 Å². The van der Waals surface area contributed by atoms with Crippen LogP contribution in [0.5, 0.6) is 0 Å². The van der Waals surface area contributed by atoms with Gasteiger partial charge in [-0.15, -0.1) is 0 Å². The highest BCUT2D eigenvalue weighted by Crippen LogP contribution is 2.07. The minimum Gasteiger partial charge on any atom is -0.467 e. The van der Waals surface area contributed by atoms with Crippen molar-refractivity contribution in [2.24, 2.45) is 5.92 Å². The van der Waals surface area contributed by atoms with Crippen molar-refractivity contribution >= 4 is 11.8 Å². The summed E-state index contributed by atoms with van der Waals surface area (Å²) in [5.74, 6) is -0.608. The second kappa shape index (κ2) is 7.58. The Morgan fingerprint density at radius 1 is 1.17 bits per heavy atom. The molecule has 1 aromatic carbocycles. The molecule has 1 aromatic heterocycles. The molecule has 1 heterocycles. The topological polar surface area (TPSA) is 71.3 Å². The van der Waals surface area contributed by atoms with Crippen LogP contribution in [-0.2, 0) is 11.3 Å². The zero-order valence-electron chi connectivity index (χ0n) is 13.0. The van der Waals surface area contributed by atoms with Gasteiger partial charge >= 0.3 is 0 Å². The first kappa shape index (κ1) is 16.7. The van der Waals surface area contributed by atoms with E-state index in [1.54, 1.807) is 12.1 Å². The summed E-state index contributed by atoms with van der Waals surface area (Å²) in [4.78, 5) is 24.4. The zero-order chi connectivity index (χ0) is 16.8. The number of rotatable bonds is 6. The fourth-order valence-electron chi connectivity index (χ4n) is 2.06. The smallest absolute Gasteiger partial charge is 0.251 e. The highest BCUT2D eigenvalue weighted by atomic mass is 19.1. The summed E-state index contributed by atoms with van der Waals surface area (Å²) >= 11 is 0. The number of halogens is 1. The molecule has 0 unspecified atom stereocenters. The average molecular weight is 318 g/mol. The first-order valence-electron chi connectivity index (χ1n) is 7.34. The van der Waals surface area contributed by atoms with Gasteiger partial charge in [-0.1, -0.05) is 13.8 Å². The second-order valence-electron chi connectivity index (χ2n) is 5.50. The van der Waals surface area contributed by atoms with Crippen LogP contribution in [0.25, 0.3) is 0 Å². The molecule has 122 valence electrons. The Labute approximate surface area is 133 Å². The maximum Gasteiger partial charge on any atom is 0.251 e. The predicted octanol–water partition coefficient (Wildman–Crippen LogP) is 2.49. The van der Waals surface area contributed by atoms with Crippen molar-refractivity contribution < 1.29 is 18.4 Å². The molecule has 0 spiro atoms. The third kappa shape index (κ3) is 4.67. The van der Waals surface area contributed by atoms with Crippen molar-refractivity contribution in [3.63, 3.8) is 0 Å². The Balaban J connectivity index is 1.98. The summed E-state index contributed by atoms with van der Waals surface area (Å²) in [5, 5.41) is 5.40. The molecule has 0 fully saturated rings. The maximum atomic E-state index is 12.9.